The van der Waals surface area contributed by atoms with Gasteiger partial charge in [0.2, 0.25) is 0 Å². The van der Waals surface area contributed by atoms with Crippen LogP contribution in [0.25, 0.3) is 0 Å². The highest BCUT2D eigenvalue weighted by molar-refractivity contribution is 5.67. The average Bonchev–Trinajstić information content (AvgIpc) is 2.60. The first-order valence-corrected chi connectivity index (χ1v) is 8.24. The lowest BCUT2D eigenvalue weighted by molar-refractivity contribution is -0.302. The van der Waals surface area contributed by atoms with Gasteiger partial charge in [0.05, 0.1) is 13.2 Å². The monoisotopic (exact) mass is 368 g/mol. The van der Waals surface area contributed by atoms with Crippen molar-refractivity contribution in [2.45, 2.75) is 51.2 Å². The lowest BCUT2D eigenvalue weighted by Crippen LogP contribution is -2.61. The van der Waals surface area contributed by atoms with E-state index in [1.165, 1.54) is 21.0 Å². The summed E-state index contributed by atoms with van der Waals surface area (Å²) in [7, 11) is 1.37. The Labute approximate surface area is 151 Å². The molecule has 0 radical (unpaired) electrons. The van der Waals surface area contributed by atoms with Crippen molar-refractivity contribution < 1.29 is 38.4 Å². The van der Waals surface area contributed by atoms with Crippen molar-refractivity contribution in [2.75, 3.05) is 13.7 Å². The summed E-state index contributed by atoms with van der Waals surface area (Å²) >= 11 is 0. The smallest absolute Gasteiger partial charge is 0.303 e. The molecular weight excluding hydrogens is 344 g/mol. The van der Waals surface area contributed by atoms with Gasteiger partial charge < -0.3 is 28.8 Å². The molecule has 0 aliphatic carbocycles. The number of benzene rings is 1. The fraction of sp³-hybridized carbons (Fsp3) is 0.556. The van der Waals surface area contributed by atoms with Crippen LogP contribution in [0.4, 0.5) is 0 Å². The lowest BCUT2D eigenvalue weighted by atomic mass is 9.98. The molecular formula is C18H24O8. The van der Waals surface area contributed by atoms with E-state index in [0.29, 0.717) is 6.61 Å². The van der Waals surface area contributed by atoms with E-state index in [2.05, 4.69) is 0 Å². The highest BCUT2D eigenvalue weighted by Crippen LogP contribution is 2.27. The molecule has 0 spiro atoms. The second kappa shape index (κ2) is 9.63. The van der Waals surface area contributed by atoms with Crippen LogP contribution in [0.3, 0.4) is 0 Å². The summed E-state index contributed by atoms with van der Waals surface area (Å²) in [5.74, 6) is -1.23. The summed E-state index contributed by atoms with van der Waals surface area (Å²) in [6.45, 7) is 2.78. The van der Waals surface area contributed by atoms with Crippen molar-refractivity contribution in [3.05, 3.63) is 35.9 Å². The van der Waals surface area contributed by atoms with Crippen LogP contribution in [0.5, 0.6) is 0 Å². The van der Waals surface area contributed by atoms with Crippen molar-refractivity contribution >= 4 is 11.9 Å². The normalized spacial score (nSPS) is 28.4. The summed E-state index contributed by atoms with van der Waals surface area (Å²) < 4.78 is 26.7. The molecule has 0 amide bonds. The van der Waals surface area contributed by atoms with Crippen LogP contribution in [-0.4, -0.2) is 61.5 Å². The molecule has 8 nitrogen and oxygen atoms in total. The van der Waals surface area contributed by atoms with Crippen LogP contribution in [0.1, 0.15) is 19.4 Å². The first-order chi connectivity index (χ1) is 12.4. The summed E-state index contributed by atoms with van der Waals surface area (Å²) in [5, 5.41) is 10.5. The second-order valence-corrected chi connectivity index (χ2v) is 5.92. The molecule has 0 saturated carbocycles. The minimum absolute atomic E-state index is 0.0421. The van der Waals surface area contributed by atoms with Crippen molar-refractivity contribution in [1.29, 1.82) is 0 Å². The van der Waals surface area contributed by atoms with Gasteiger partial charge in [-0.05, 0) is 5.56 Å². The molecule has 0 bridgehead atoms. The Kier molecular flexibility index (Phi) is 7.52. The number of carbonyl (C=O) groups is 2. The van der Waals surface area contributed by atoms with E-state index in [0.717, 1.165) is 5.56 Å². The van der Waals surface area contributed by atoms with Gasteiger partial charge in [-0.3, -0.25) is 9.59 Å². The third-order valence-corrected chi connectivity index (χ3v) is 3.85. The maximum absolute atomic E-state index is 11.4. The Morgan fingerprint density at radius 2 is 1.69 bits per heavy atom. The van der Waals surface area contributed by atoms with Gasteiger partial charge in [0, 0.05) is 21.0 Å². The number of methoxy groups -OCH3 is 1. The quantitative estimate of drug-likeness (QED) is 0.706. The maximum atomic E-state index is 11.4. The van der Waals surface area contributed by atoms with Crippen LogP contribution in [0.15, 0.2) is 30.3 Å². The van der Waals surface area contributed by atoms with E-state index in [-0.39, 0.29) is 6.61 Å². The topological polar surface area (TPSA) is 101 Å². The summed E-state index contributed by atoms with van der Waals surface area (Å²) in [6.07, 6.45) is -5.27. The standard InChI is InChI=1S/C18H24O8/c1-11(19)24-16-15(21)14(10-23-9-13-7-5-4-6-8-13)26-18(22-3)17(16)25-12(2)20/h4-8,14-18,21H,9-10H2,1-3H3/t14-,15-,16+,17-,18-/m1/s1. The zero-order chi connectivity index (χ0) is 19.1. The molecule has 5 atom stereocenters. The number of carbonyl (C=O) groups excluding carboxylic acids is 2. The molecule has 1 aliphatic rings. The molecule has 0 aromatic heterocycles. The zero-order valence-electron chi connectivity index (χ0n) is 15.0. The number of aliphatic hydroxyl groups excluding tert-OH is 1. The number of esters is 2. The van der Waals surface area contributed by atoms with Crippen LogP contribution in [0, 0.1) is 0 Å². The molecule has 1 fully saturated rings. The third kappa shape index (κ3) is 5.50. The minimum Gasteiger partial charge on any atom is -0.455 e. The lowest BCUT2D eigenvalue weighted by Gasteiger charge is -2.42. The second-order valence-electron chi connectivity index (χ2n) is 5.92. The van der Waals surface area contributed by atoms with Gasteiger partial charge in [0.15, 0.2) is 18.5 Å². The number of aliphatic hydroxyl groups is 1. The van der Waals surface area contributed by atoms with E-state index in [9.17, 15) is 14.7 Å². The first kappa shape index (κ1) is 20.3. The Bertz CT molecular complexity index is 590. The van der Waals surface area contributed by atoms with Gasteiger partial charge in [-0.25, -0.2) is 0 Å². The number of ether oxygens (including phenoxy) is 5. The molecule has 1 saturated heterocycles. The van der Waals surface area contributed by atoms with Gasteiger partial charge in [0.1, 0.15) is 12.2 Å². The Hall–Kier alpha value is -2.00. The molecule has 2 rings (SSSR count). The molecule has 1 heterocycles. The van der Waals surface area contributed by atoms with E-state index < -0.39 is 42.6 Å². The summed E-state index contributed by atoms with van der Waals surface area (Å²) in [6, 6.07) is 9.51. The maximum Gasteiger partial charge on any atom is 0.303 e. The van der Waals surface area contributed by atoms with Gasteiger partial charge in [0.25, 0.3) is 0 Å². The molecule has 1 N–H and O–H groups in total. The van der Waals surface area contributed by atoms with E-state index in [1.807, 2.05) is 30.3 Å². The van der Waals surface area contributed by atoms with E-state index in [4.69, 9.17) is 23.7 Å². The van der Waals surface area contributed by atoms with Crippen molar-refractivity contribution in [3.8, 4) is 0 Å². The number of hydrogen-bond acceptors (Lipinski definition) is 8. The van der Waals surface area contributed by atoms with Crippen molar-refractivity contribution in [2.24, 2.45) is 0 Å². The van der Waals surface area contributed by atoms with Crippen LogP contribution in [-0.2, 0) is 39.9 Å². The van der Waals surface area contributed by atoms with Gasteiger partial charge in [-0.1, -0.05) is 30.3 Å². The SMILES string of the molecule is CO[C@@H]1O[C@H](COCc2ccccc2)[C@@H](O)[C@H](OC(C)=O)[C@H]1OC(C)=O. The molecule has 144 valence electrons. The van der Waals surface area contributed by atoms with Crippen LogP contribution in [0.2, 0.25) is 0 Å². The predicted molar refractivity (Wildman–Crippen MR) is 88.9 cm³/mol. The molecule has 1 aliphatic heterocycles. The Morgan fingerprint density at radius 3 is 2.27 bits per heavy atom. The minimum atomic E-state index is -1.24. The van der Waals surface area contributed by atoms with Gasteiger partial charge >= 0.3 is 11.9 Å². The van der Waals surface area contributed by atoms with E-state index in [1.54, 1.807) is 0 Å². The Morgan fingerprint density at radius 1 is 1.08 bits per heavy atom. The third-order valence-electron chi connectivity index (χ3n) is 3.85. The fourth-order valence-corrected chi connectivity index (χ4v) is 2.73. The first-order valence-electron chi connectivity index (χ1n) is 8.24. The Balaban J connectivity index is 2.05. The predicted octanol–water partition coefficient (Wildman–Crippen LogP) is 0.799. The highest BCUT2D eigenvalue weighted by atomic mass is 16.7. The average molecular weight is 368 g/mol. The van der Waals surface area contributed by atoms with Crippen LogP contribution >= 0.6 is 0 Å². The number of hydrogen-bond donors (Lipinski definition) is 1. The number of rotatable bonds is 7. The van der Waals surface area contributed by atoms with Crippen molar-refractivity contribution in [1.82, 2.24) is 0 Å². The molecule has 0 unspecified atom stereocenters. The fourth-order valence-electron chi connectivity index (χ4n) is 2.73. The van der Waals surface area contributed by atoms with Crippen molar-refractivity contribution in [3.63, 3.8) is 0 Å². The summed E-state index contributed by atoms with van der Waals surface area (Å²) in [4.78, 5) is 22.7. The van der Waals surface area contributed by atoms with Gasteiger partial charge in [-0.15, -0.1) is 0 Å². The molecule has 1 aromatic carbocycles. The highest BCUT2D eigenvalue weighted by Gasteiger charge is 2.49. The molecule has 1 aromatic rings. The molecule has 26 heavy (non-hydrogen) atoms. The van der Waals surface area contributed by atoms with Crippen LogP contribution < -0.4 is 0 Å². The summed E-state index contributed by atoms with van der Waals surface area (Å²) in [5.41, 5.74) is 0.968. The zero-order valence-corrected chi connectivity index (χ0v) is 15.0. The largest absolute Gasteiger partial charge is 0.455 e. The van der Waals surface area contributed by atoms with E-state index >= 15 is 0 Å². The molecule has 8 heteroatoms. The van der Waals surface area contributed by atoms with Gasteiger partial charge in [-0.2, -0.15) is 0 Å².